The number of hydrogen-bond donors (Lipinski definition) is 4. The van der Waals surface area contributed by atoms with E-state index in [9.17, 15) is 14.4 Å². The third kappa shape index (κ3) is 6.46. The van der Waals surface area contributed by atoms with E-state index in [0.717, 1.165) is 5.56 Å². The standard InChI is InChI=1S/C33H34N6O5S/c1-19-11-9-10-14-24(19)35-31(41)28-20(2)34-33(45)37-30(28)22-15-16-25(26(17-22)43-5)44-18-27(40)36-29-21(3)38(4)39(32(29)42)23-12-7-6-8-13-23/h6-17,30H,18H2,1-5H3,(H,35,41)(H,36,40)(H2,34,37,45)/t30-/m1/s1. The maximum Gasteiger partial charge on any atom is 0.295 e. The number of aryl methyl sites for hydroxylation is 1. The first-order valence-corrected chi connectivity index (χ1v) is 14.6. The minimum Gasteiger partial charge on any atom is -0.493 e. The zero-order valence-corrected chi connectivity index (χ0v) is 26.4. The first-order chi connectivity index (χ1) is 21.6. The third-order valence-electron chi connectivity index (χ3n) is 7.61. The van der Waals surface area contributed by atoms with Gasteiger partial charge in [-0.05, 0) is 74.4 Å². The molecule has 0 saturated heterocycles. The number of nitrogens with one attached hydrogen (secondary N) is 4. The molecule has 1 atom stereocenters. The molecule has 1 aromatic heterocycles. The van der Waals surface area contributed by atoms with Crippen LogP contribution in [0.1, 0.15) is 29.8 Å². The molecule has 0 unspecified atom stereocenters. The summed E-state index contributed by atoms with van der Waals surface area (Å²) in [5.74, 6) is -0.129. The van der Waals surface area contributed by atoms with E-state index in [2.05, 4.69) is 21.3 Å². The molecule has 0 fully saturated rings. The van der Waals surface area contributed by atoms with Crippen LogP contribution < -0.4 is 36.3 Å². The van der Waals surface area contributed by atoms with Gasteiger partial charge in [-0.2, -0.15) is 0 Å². The van der Waals surface area contributed by atoms with E-state index < -0.39 is 11.9 Å². The Morgan fingerprint density at radius 3 is 2.38 bits per heavy atom. The van der Waals surface area contributed by atoms with Crippen LogP contribution >= 0.6 is 12.2 Å². The molecule has 2 heterocycles. The molecule has 11 nitrogen and oxygen atoms in total. The summed E-state index contributed by atoms with van der Waals surface area (Å²) in [6.45, 7) is 5.11. The Morgan fingerprint density at radius 1 is 0.956 bits per heavy atom. The van der Waals surface area contributed by atoms with E-state index >= 15 is 0 Å². The second kappa shape index (κ2) is 13.1. The summed E-state index contributed by atoms with van der Waals surface area (Å²) >= 11 is 5.40. The Bertz CT molecular complexity index is 1880. The quantitative estimate of drug-likeness (QED) is 0.203. The average Bonchev–Trinajstić information content (AvgIpc) is 3.23. The number of rotatable bonds is 9. The molecular weight excluding hydrogens is 592 g/mol. The lowest BCUT2D eigenvalue weighted by molar-refractivity contribution is -0.118. The lowest BCUT2D eigenvalue weighted by Crippen LogP contribution is -2.45. The fourth-order valence-corrected chi connectivity index (χ4v) is 5.43. The van der Waals surface area contributed by atoms with Gasteiger partial charge in [0.25, 0.3) is 17.4 Å². The Kier molecular flexibility index (Phi) is 9.05. The Morgan fingerprint density at radius 2 is 1.67 bits per heavy atom. The first kappa shape index (κ1) is 31.1. The number of benzene rings is 3. The zero-order chi connectivity index (χ0) is 32.2. The maximum atomic E-state index is 13.5. The lowest BCUT2D eigenvalue weighted by Gasteiger charge is -2.30. The van der Waals surface area contributed by atoms with Crippen LogP contribution in [0.5, 0.6) is 11.5 Å². The first-order valence-electron chi connectivity index (χ1n) is 14.2. The number of amides is 2. The minimum atomic E-state index is -0.582. The molecule has 0 radical (unpaired) electrons. The van der Waals surface area contributed by atoms with Gasteiger partial charge < -0.3 is 30.7 Å². The summed E-state index contributed by atoms with van der Waals surface area (Å²) in [4.78, 5) is 39.6. The van der Waals surface area contributed by atoms with E-state index in [1.165, 1.54) is 11.8 Å². The summed E-state index contributed by atoms with van der Waals surface area (Å²) in [6, 6.07) is 21.3. The number of allylic oxidation sites excluding steroid dienone is 1. The molecule has 0 bridgehead atoms. The molecule has 3 aromatic carbocycles. The minimum absolute atomic E-state index is 0.170. The smallest absolute Gasteiger partial charge is 0.295 e. The predicted octanol–water partition coefficient (Wildman–Crippen LogP) is 4.25. The van der Waals surface area contributed by atoms with Crippen molar-refractivity contribution in [1.29, 1.82) is 0 Å². The Hall–Kier alpha value is -5.36. The van der Waals surface area contributed by atoms with Crippen molar-refractivity contribution < 1.29 is 19.1 Å². The van der Waals surface area contributed by atoms with Crippen LogP contribution in [0, 0.1) is 13.8 Å². The Balaban J connectivity index is 1.33. The molecule has 1 aliphatic heterocycles. The third-order valence-corrected chi connectivity index (χ3v) is 7.83. The largest absolute Gasteiger partial charge is 0.493 e. The molecule has 4 aromatic rings. The van der Waals surface area contributed by atoms with E-state index in [0.29, 0.717) is 50.5 Å². The van der Waals surface area contributed by atoms with Crippen LogP contribution in [0.3, 0.4) is 0 Å². The number of thiocarbonyl (C=S) groups is 1. The number of ether oxygens (including phenoxy) is 2. The molecule has 12 heteroatoms. The maximum absolute atomic E-state index is 13.5. The number of hydrogen-bond acceptors (Lipinski definition) is 6. The monoisotopic (exact) mass is 626 g/mol. The number of carbonyl (C=O) groups is 2. The molecule has 0 saturated carbocycles. The highest BCUT2D eigenvalue weighted by molar-refractivity contribution is 7.80. The lowest BCUT2D eigenvalue weighted by atomic mass is 9.94. The number of para-hydroxylation sites is 2. The van der Waals surface area contributed by atoms with Gasteiger partial charge in [0.05, 0.1) is 30.1 Å². The second-order valence-electron chi connectivity index (χ2n) is 10.5. The molecule has 232 valence electrons. The number of methoxy groups -OCH3 is 1. The van der Waals surface area contributed by atoms with Crippen molar-refractivity contribution in [2.75, 3.05) is 24.4 Å². The van der Waals surface area contributed by atoms with Gasteiger partial charge in [0, 0.05) is 18.4 Å². The number of carbonyl (C=O) groups excluding carboxylic acids is 2. The van der Waals surface area contributed by atoms with E-state index in [-0.39, 0.29) is 23.8 Å². The van der Waals surface area contributed by atoms with Crippen LogP contribution in [0.25, 0.3) is 5.69 Å². The summed E-state index contributed by atoms with van der Waals surface area (Å²) in [7, 11) is 3.24. The van der Waals surface area contributed by atoms with E-state index in [4.69, 9.17) is 21.7 Å². The van der Waals surface area contributed by atoms with Crippen molar-refractivity contribution in [3.05, 3.63) is 111 Å². The Labute approximate surface area is 265 Å². The van der Waals surface area contributed by atoms with Crippen LogP contribution in [0.15, 0.2) is 88.9 Å². The number of aromatic nitrogens is 2. The van der Waals surface area contributed by atoms with Gasteiger partial charge in [-0.15, -0.1) is 0 Å². The summed E-state index contributed by atoms with van der Waals surface area (Å²) in [6.07, 6.45) is 0. The highest BCUT2D eigenvalue weighted by Gasteiger charge is 2.31. The number of anilines is 2. The van der Waals surface area contributed by atoms with Gasteiger partial charge in [0.15, 0.2) is 23.2 Å². The van der Waals surface area contributed by atoms with Crippen LogP contribution in [-0.2, 0) is 16.6 Å². The molecule has 2 amide bonds. The van der Waals surface area contributed by atoms with Gasteiger partial charge in [-0.25, -0.2) is 4.68 Å². The van der Waals surface area contributed by atoms with Crippen LogP contribution in [0.2, 0.25) is 0 Å². The highest BCUT2D eigenvalue weighted by Crippen LogP contribution is 2.35. The molecule has 0 spiro atoms. The SMILES string of the molecule is COc1cc([C@H]2NC(=S)NC(C)=C2C(=O)Nc2ccccc2C)ccc1OCC(=O)Nc1c(C)n(C)n(-c2ccccc2)c1=O. The van der Waals surface area contributed by atoms with Crippen molar-refractivity contribution in [2.24, 2.45) is 7.05 Å². The van der Waals surface area contributed by atoms with E-state index in [1.807, 2.05) is 61.5 Å². The van der Waals surface area contributed by atoms with Crippen LogP contribution in [0.4, 0.5) is 11.4 Å². The van der Waals surface area contributed by atoms with Crippen molar-refractivity contribution in [2.45, 2.75) is 26.8 Å². The van der Waals surface area contributed by atoms with Crippen molar-refractivity contribution in [3.63, 3.8) is 0 Å². The molecule has 45 heavy (non-hydrogen) atoms. The molecular formula is C33H34N6O5S. The normalized spacial score (nSPS) is 14.3. The van der Waals surface area contributed by atoms with Crippen molar-refractivity contribution in [3.8, 4) is 17.2 Å². The van der Waals surface area contributed by atoms with E-state index in [1.54, 1.807) is 43.8 Å². The van der Waals surface area contributed by atoms with Gasteiger partial charge in [0.1, 0.15) is 5.69 Å². The number of nitrogens with zero attached hydrogens (tertiary/aromatic N) is 2. The zero-order valence-electron chi connectivity index (χ0n) is 25.6. The molecule has 5 rings (SSSR count). The van der Waals surface area contributed by atoms with Crippen LogP contribution in [-0.4, -0.2) is 40.0 Å². The van der Waals surface area contributed by atoms with Gasteiger partial charge in [0.2, 0.25) is 0 Å². The average molecular weight is 627 g/mol. The predicted molar refractivity (Wildman–Crippen MR) is 177 cm³/mol. The topological polar surface area (TPSA) is 128 Å². The van der Waals surface area contributed by atoms with Gasteiger partial charge in [-0.1, -0.05) is 42.5 Å². The molecule has 0 aliphatic carbocycles. The fourth-order valence-electron chi connectivity index (χ4n) is 5.16. The van der Waals surface area contributed by atoms with Crippen molar-refractivity contribution >= 4 is 40.5 Å². The summed E-state index contributed by atoms with van der Waals surface area (Å²) in [5.41, 5.74) is 4.51. The molecule has 4 N–H and O–H groups in total. The summed E-state index contributed by atoms with van der Waals surface area (Å²) < 4.78 is 14.6. The fraction of sp³-hybridized carbons (Fsp3) is 0.212. The highest BCUT2D eigenvalue weighted by atomic mass is 32.1. The van der Waals surface area contributed by atoms with Crippen molar-refractivity contribution in [1.82, 2.24) is 20.0 Å². The van der Waals surface area contributed by atoms with Gasteiger partial charge in [-0.3, -0.25) is 19.1 Å². The van der Waals surface area contributed by atoms with Gasteiger partial charge >= 0.3 is 0 Å². The second-order valence-corrected chi connectivity index (χ2v) is 10.9. The molecule has 1 aliphatic rings. The summed E-state index contributed by atoms with van der Waals surface area (Å²) in [5, 5.41) is 12.3.